The lowest BCUT2D eigenvalue weighted by Gasteiger charge is -1.69. The Morgan fingerprint density at radius 2 is 2.25 bits per heavy atom. The molecule has 0 aromatic rings. The summed E-state index contributed by atoms with van der Waals surface area (Å²) in [5, 5.41) is 0. The molecule has 0 radical (unpaired) electrons. The van der Waals surface area contributed by atoms with Crippen LogP contribution in [0.3, 0.4) is 0 Å². The van der Waals surface area contributed by atoms with Gasteiger partial charge < -0.3 is 4.89 Å². The van der Waals surface area contributed by atoms with Crippen LogP contribution in [0.5, 0.6) is 0 Å². The predicted octanol–water partition coefficient (Wildman–Crippen LogP) is -1.64. The highest BCUT2D eigenvalue weighted by Crippen LogP contribution is 1.48. The summed E-state index contributed by atoms with van der Waals surface area (Å²) in [6, 6.07) is 0. The van der Waals surface area contributed by atoms with Crippen LogP contribution in [0.15, 0.2) is 0 Å². The summed E-state index contributed by atoms with van der Waals surface area (Å²) in [7, 11) is 1.01. The first-order valence-electron chi connectivity index (χ1n) is 1.12. The lowest BCUT2D eigenvalue weighted by atomic mass is 10.5. The van der Waals surface area contributed by atoms with Gasteiger partial charge in [0.05, 0.1) is 10.4 Å². The van der Waals surface area contributed by atoms with Crippen LogP contribution in [0.25, 0.3) is 0 Å². The van der Waals surface area contributed by atoms with Crippen molar-refractivity contribution in [3.63, 3.8) is 0 Å². The molecule has 0 fully saturated rings. The Kier molecular flexibility index (Phi) is 4.00. The maximum Gasteiger partial charge on any atom is 0.303 e. The molecule has 24 valence electrons. The molecule has 0 aromatic carbocycles. The van der Waals surface area contributed by atoms with E-state index in [1.54, 1.807) is 0 Å². The van der Waals surface area contributed by atoms with Crippen molar-refractivity contribution in [2.75, 3.05) is 0 Å². The Bertz CT molecular complexity index is 10.0. The fraction of sp³-hybridized carbons (Fsp3) is 0. The molecule has 0 heterocycles. The molecule has 0 bridgehead atoms. The van der Waals surface area contributed by atoms with Gasteiger partial charge in [0.2, 0.25) is 0 Å². The zero-order chi connectivity index (χ0) is 3.41. The van der Waals surface area contributed by atoms with Gasteiger partial charge in [-0.05, 0) is 0 Å². The summed E-state index contributed by atoms with van der Waals surface area (Å²) in [6.45, 7) is 0.603. The van der Waals surface area contributed by atoms with E-state index in [0.717, 1.165) is 10.4 Å². The van der Waals surface area contributed by atoms with Crippen LogP contribution in [0.2, 0.25) is 0 Å². The van der Waals surface area contributed by atoms with Gasteiger partial charge in [0, 0.05) is 0 Å². The summed E-state index contributed by atoms with van der Waals surface area (Å²) in [5.41, 5.74) is 0. The number of hydrogen-bond donors (Lipinski definition) is 1. The van der Waals surface area contributed by atoms with Gasteiger partial charge in [0.25, 0.3) is 0 Å². The van der Waals surface area contributed by atoms with Crippen LogP contribution in [-0.2, 0) is 0 Å². The van der Waals surface area contributed by atoms with Crippen LogP contribution in [-0.4, -0.2) is 17.2 Å². The Balaban J connectivity index is 1.97. The van der Waals surface area contributed by atoms with Gasteiger partial charge >= 0.3 is 6.83 Å². The fourth-order valence-electron chi connectivity index (χ4n) is 0. The monoisotopic (exact) mass is 93.0 g/mol. The van der Waals surface area contributed by atoms with E-state index in [9.17, 15) is 0 Å². The Morgan fingerprint density at radius 1 is 2.00 bits per heavy atom. The maximum absolute atomic E-state index is 5.11. The molecule has 0 unspecified atom stereocenters. The second kappa shape index (κ2) is 3.53. The third-order valence-corrected chi connectivity index (χ3v) is 1.20. The maximum atomic E-state index is 5.11. The van der Waals surface area contributed by atoms with Crippen molar-refractivity contribution in [3.05, 3.63) is 0 Å². The van der Waals surface area contributed by atoms with Crippen molar-refractivity contribution in [2.24, 2.45) is 0 Å². The summed E-state index contributed by atoms with van der Waals surface area (Å²) >= 11 is 5.11. The highest BCUT2D eigenvalue weighted by molar-refractivity contribution is 6.93. The van der Waals surface area contributed by atoms with Crippen LogP contribution < -0.4 is 4.89 Å². The molecule has 4 heavy (non-hydrogen) atoms. The highest BCUT2D eigenvalue weighted by Gasteiger charge is 1.61. The second-order valence-corrected chi connectivity index (χ2v) is 1.46. The van der Waals surface area contributed by atoms with Crippen molar-refractivity contribution >= 4 is 28.7 Å². The average molecular weight is 93.4 g/mol. The van der Waals surface area contributed by atoms with Crippen molar-refractivity contribution in [1.82, 2.24) is 4.89 Å². The van der Waals surface area contributed by atoms with Crippen molar-refractivity contribution in [1.29, 1.82) is 0 Å². The minimum Gasteiger partial charge on any atom is -0.375 e. The molecule has 0 aliphatic heterocycles. The Labute approximate surface area is 34.4 Å². The second-order valence-electron chi connectivity index (χ2n) is 0.487. The molecule has 0 aliphatic rings. The highest BCUT2D eigenvalue weighted by atomic mass is 35.5. The average Bonchev–Trinajstić information content (AvgIpc) is 1.37. The van der Waals surface area contributed by atoms with Crippen molar-refractivity contribution < 1.29 is 0 Å². The van der Waals surface area contributed by atoms with Gasteiger partial charge in [-0.15, -0.1) is 0 Å². The molecule has 0 amide bonds. The Morgan fingerprint density at radius 3 is 2.25 bits per heavy atom. The summed E-state index contributed by atoms with van der Waals surface area (Å²) < 4.78 is 0. The van der Waals surface area contributed by atoms with E-state index in [2.05, 4.69) is 4.89 Å². The number of halogens is 1. The molecule has 0 saturated heterocycles. The molecule has 0 saturated carbocycles. The van der Waals surface area contributed by atoms with E-state index in [1.165, 1.54) is 0 Å². The molecule has 0 aliphatic carbocycles. The first-order chi connectivity index (χ1) is 1.91. The van der Waals surface area contributed by atoms with Crippen LogP contribution in [0, 0.1) is 0 Å². The molecule has 0 spiro atoms. The zero-order valence-corrected chi connectivity index (χ0v) is 5.34. The van der Waals surface area contributed by atoms with Gasteiger partial charge in [0.1, 0.15) is 0 Å². The van der Waals surface area contributed by atoms with E-state index in [0.29, 0.717) is 6.83 Å². The number of nitrogens with one attached hydrogen (secondary N) is 1. The fourth-order valence-corrected chi connectivity index (χ4v) is 0. The smallest absolute Gasteiger partial charge is 0.303 e. The summed E-state index contributed by atoms with van der Waals surface area (Å²) in [5.74, 6) is 0. The molecule has 0 aromatic heterocycles. The minimum atomic E-state index is 0.603. The van der Waals surface area contributed by atoms with Crippen LogP contribution in [0.1, 0.15) is 0 Å². The van der Waals surface area contributed by atoms with E-state index < -0.39 is 0 Å². The molecular formula is H5BClNSi. The molecular weight excluding hydrogens is 88.4 g/mol. The SMILES string of the molecule is [SiH3]NBCl. The first-order valence-corrected chi connectivity index (χ1v) is 2.66. The van der Waals surface area contributed by atoms with Crippen molar-refractivity contribution in [2.45, 2.75) is 0 Å². The van der Waals surface area contributed by atoms with Gasteiger partial charge in [-0.1, -0.05) is 0 Å². The molecule has 1 N–H and O–H groups in total. The molecule has 0 rings (SSSR count). The van der Waals surface area contributed by atoms with Gasteiger partial charge in [-0.25, -0.2) is 0 Å². The largest absolute Gasteiger partial charge is 0.375 e. The van der Waals surface area contributed by atoms with Crippen molar-refractivity contribution in [3.8, 4) is 0 Å². The lowest BCUT2D eigenvalue weighted by molar-refractivity contribution is 1.67. The standard InChI is InChI=1S/BClH5NSi/c2-1-3-4/h1,3H,4H3. The van der Waals surface area contributed by atoms with Gasteiger partial charge in [-0.2, -0.15) is 11.5 Å². The minimum absolute atomic E-state index is 0.603. The summed E-state index contributed by atoms with van der Waals surface area (Å²) in [4.78, 5) is 2.83. The predicted molar refractivity (Wildman–Crippen MR) is 26.1 cm³/mol. The molecule has 0 atom stereocenters. The van der Waals surface area contributed by atoms with E-state index in [4.69, 9.17) is 11.5 Å². The van der Waals surface area contributed by atoms with Gasteiger partial charge in [-0.3, -0.25) is 0 Å². The third kappa shape index (κ3) is 2.53. The Hall–Kier alpha value is 0.532. The van der Waals surface area contributed by atoms with Crippen LogP contribution in [0.4, 0.5) is 0 Å². The van der Waals surface area contributed by atoms with E-state index in [-0.39, 0.29) is 0 Å². The first kappa shape index (κ1) is 4.53. The zero-order valence-electron chi connectivity index (χ0n) is 2.59. The normalized spacial score (nSPS) is 7.25. The molecule has 4 heteroatoms. The van der Waals surface area contributed by atoms with E-state index >= 15 is 0 Å². The number of hydrogen-bond acceptors (Lipinski definition) is 1. The van der Waals surface area contributed by atoms with E-state index in [1.807, 2.05) is 0 Å². The van der Waals surface area contributed by atoms with Gasteiger partial charge in [0.15, 0.2) is 0 Å². The lowest BCUT2D eigenvalue weighted by Crippen LogP contribution is -2.06. The molecule has 1 nitrogen and oxygen atoms in total. The van der Waals surface area contributed by atoms with Crippen LogP contribution >= 0.6 is 11.5 Å². The summed E-state index contributed by atoms with van der Waals surface area (Å²) in [6.07, 6.45) is 0. The number of rotatable bonds is 1. The topological polar surface area (TPSA) is 12.0 Å². The quantitative estimate of drug-likeness (QED) is 0.384. The third-order valence-electron chi connectivity index (χ3n) is 0.134.